The highest BCUT2D eigenvalue weighted by Gasteiger charge is 2.12. The van der Waals surface area contributed by atoms with Crippen LogP contribution in [0.4, 0.5) is 10.5 Å². The Morgan fingerprint density at radius 1 is 1.25 bits per heavy atom. The fourth-order valence-corrected chi connectivity index (χ4v) is 2.42. The maximum atomic E-state index is 12.0. The van der Waals surface area contributed by atoms with Crippen molar-refractivity contribution >= 4 is 39.2 Å². The number of carbonyl (C=O) groups is 2. The highest BCUT2D eigenvalue weighted by Crippen LogP contribution is 2.23. The van der Waals surface area contributed by atoms with Gasteiger partial charge < -0.3 is 16.0 Å². The Hall–Kier alpha value is -1.84. The maximum absolute atomic E-state index is 12.0. The van der Waals surface area contributed by atoms with Crippen molar-refractivity contribution in [3.05, 3.63) is 28.8 Å². The SMILES string of the molecule is CNS(=O)(=O)CCNC(=O)Nc1cc(C(=O)NC(C)C)ccc1Cl. The molecule has 0 radical (unpaired) electrons. The first kappa shape index (κ1) is 20.2. The van der Waals surface area contributed by atoms with E-state index in [9.17, 15) is 18.0 Å². The number of sulfonamides is 1. The van der Waals surface area contributed by atoms with Crippen LogP contribution in [-0.4, -0.2) is 45.7 Å². The van der Waals surface area contributed by atoms with E-state index in [2.05, 4.69) is 20.7 Å². The van der Waals surface area contributed by atoms with E-state index in [0.29, 0.717) is 5.56 Å². The van der Waals surface area contributed by atoms with Crippen molar-refractivity contribution in [1.29, 1.82) is 0 Å². The molecule has 10 heteroatoms. The zero-order valence-electron chi connectivity index (χ0n) is 13.6. The summed E-state index contributed by atoms with van der Waals surface area (Å²) >= 11 is 6.00. The standard InChI is InChI=1S/C14H21ClN4O4S/c1-9(2)18-13(20)10-4-5-11(15)12(8-10)19-14(21)17-6-7-24(22,23)16-3/h4-5,8-9,16H,6-7H2,1-3H3,(H,18,20)(H2,17,19,21). The Morgan fingerprint density at radius 2 is 1.92 bits per heavy atom. The van der Waals surface area contributed by atoms with Gasteiger partial charge in [-0.1, -0.05) is 11.6 Å². The number of halogens is 1. The quantitative estimate of drug-likeness (QED) is 0.571. The maximum Gasteiger partial charge on any atom is 0.319 e. The Kier molecular flexibility index (Phi) is 7.46. The third kappa shape index (κ3) is 6.73. The lowest BCUT2D eigenvalue weighted by molar-refractivity contribution is 0.0943. The molecule has 0 saturated heterocycles. The molecule has 24 heavy (non-hydrogen) atoms. The summed E-state index contributed by atoms with van der Waals surface area (Å²) in [6, 6.07) is 3.84. The summed E-state index contributed by atoms with van der Waals surface area (Å²) in [7, 11) is -2.10. The molecule has 0 bridgehead atoms. The Balaban J connectivity index is 2.69. The van der Waals surface area contributed by atoms with Crippen LogP contribution in [0.25, 0.3) is 0 Å². The average Bonchev–Trinajstić information content (AvgIpc) is 2.48. The number of benzene rings is 1. The molecule has 0 fully saturated rings. The lowest BCUT2D eigenvalue weighted by atomic mass is 10.1. The molecule has 0 aliphatic rings. The van der Waals surface area contributed by atoms with Gasteiger partial charge in [0.25, 0.3) is 5.91 Å². The predicted octanol–water partition coefficient (Wildman–Crippen LogP) is 1.15. The minimum absolute atomic E-state index is 0.0259. The molecule has 0 atom stereocenters. The normalized spacial score (nSPS) is 11.2. The topological polar surface area (TPSA) is 116 Å². The number of nitrogens with one attached hydrogen (secondary N) is 4. The first-order valence-corrected chi connectivity index (χ1v) is 9.24. The summed E-state index contributed by atoms with van der Waals surface area (Å²) in [6.07, 6.45) is 0. The largest absolute Gasteiger partial charge is 0.350 e. The van der Waals surface area contributed by atoms with E-state index in [0.717, 1.165) is 0 Å². The van der Waals surface area contributed by atoms with Gasteiger partial charge in [-0.3, -0.25) is 4.79 Å². The molecule has 4 N–H and O–H groups in total. The van der Waals surface area contributed by atoms with Crippen molar-refractivity contribution in [2.45, 2.75) is 19.9 Å². The van der Waals surface area contributed by atoms with Crippen LogP contribution >= 0.6 is 11.6 Å². The highest BCUT2D eigenvalue weighted by molar-refractivity contribution is 7.89. The van der Waals surface area contributed by atoms with Crippen molar-refractivity contribution in [3.63, 3.8) is 0 Å². The summed E-state index contributed by atoms with van der Waals surface area (Å²) in [4.78, 5) is 23.8. The molecular weight excluding hydrogens is 356 g/mol. The summed E-state index contributed by atoms with van der Waals surface area (Å²) in [5, 5.41) is 7.88. The van der Waals surface area contributed by atoms with Gasteiger partial charge in [-0.15, -0.1) is 0 Å². The molecule has 8 nitrogen and oxygen atoms in total. The molecule has 3 amide bonds. The van der Waals surface area contributed by atoms with Crippen LogP contribution in [0.15, 0.2) is 18.2 Å². The Labute approximate surface area is 146 Å². The third-order valence-corrected chi connectivity index (χ3v) is 4.56. The molecule has 1 aromatic carbocycles. The van der Waals surface area contributed by atoms with Crippen LogP contribution in [0.2, 0.25) is 5.02 Å². The molecule has 0 spiro atoms. The van der Waals surface area contributed by atoms with Gasteiger partial charge >= 0.3 is 6.03 Å². The smallest absolute Gasteiger partial charge is 0.319 e. The van der Waals surface area contributed by atoms with Gasteiger partial charge in [0.1, 0.15) is 0 Å². The summed E-state index contributed by atoms with van der Waals surface area (Å²) in [5.74, 6) is -0.535. The van der Waals surface area contributed by atoms with Crippen molar-refractivity contribution in [1.82, 2.24) is 15.4 Å². The number of amides is 3. The number of anilines is 1. The van der Waals surface area contributed by atoms with Crippen molar-refractivity contribution < 1.29 is 18.0 Å². The first-order valence-electron chi connectivity index (χ1n) is 7.21. The van der Waals surface area contributed by atoms with Gasteiger partial charge in [-0.05, 0) is 39.1 Å². The minimum atomic E-state index is -3.40. The van der Waals surface area contributed by atoms with Gasteiger partial charge in [-0.25, -0.2) is 17.9 Å². The lowest BCUT2D eigenvalue weighted by Gasteiger charge is -2.12. The molecule has 0 unspecified atom stereocenters. The zero-order valence-corrected chi connectivity index (χ0v) is 15.2. The van der Waals surface area contributed by atoms with E-state index in [-0.39, 0.29) is 35.0 Å². The monoisotopic (exact) mass is 376 g/mol. The predicted molar refractivity (Wildman–Crippen MR) is 93.9 cm³/mol. The minimum Gasteiger partial charge on any atom is -0.350 e. The number of urea groups is 1. The molecule has 0 aromatic heterocycles. The van der Waals surface area contributed by atoms with E-state index in [1.54, 1.807) is 6.07 Å². The second kappa shape index (κ2) is 8.86. The van der Waals surface area contributed by atoms with Crippen molar-refractivity contribution in [3.8, 4) is 0 Å². The Bertz CT molecular complexity index is 707. The number of hydrogen-bond acceptors (Lipinski definition) is 4. The van der Waals surface area contributed by atoms with Gasteiger partial charge in [0.2, 0.25) is 10.0 Å². The van der Waals surface area contributed by atoms with Crippen LogP contribution in [-0.2, 0) is 10.0 Å². The molecule has 0 saturated carbocycles. The van der Waals surface area contributed by atoms with Crippen LogP contribution in [0.5, 0.6) is 0 Å². The van der Waals surface area contributed by atoms with E-state index in [1.165, 1.54) is 19.2 Å². The van der Waals surface area contributed by atoms with Crippen molar-refractivity contribution in [2.24, 2.45) is 0 Å². The fraction of sp³-hybridized carbons (Fsp3) is 0.429. The number of carbonyl (C=O) groups excluding carboxylic acids is 2. The van der Waals surface area contributed by atoms with Gasteiger partial charge in [0.15, 0.2) is 0 Å². The molecule has 0 heterocycles. The molecule has 1 aromatic rings. The second-order valence-electron chi connectivity index (χ2n) is 5.23. The Morgan fingerprint density at radius 3 is 2.50 bits per heavy atom. The van der Waals surface area contributed by atoms with Gasteiger partial charge in [-0.2, -0.15) is 0 Å². The van der Waals surface area contributed by atoms with E-state index < -0.39 is 16.1 Å². The molecular formula is C14H21ClN4O4S. The molecule has 1 rings (SSSR count). The van der Waals surface area contributed by atoms with E-state index >= 15 is 0 Å². The van der Waals surface area contributed by atoms with E-state index in [4.69, 9.17) is 11.6 Å². The van der Waals surface area contributed by atoms with Crippen LogP contribution < -0.4 is 20.7 Å². The van der Waals surface area contributed by atoms with Gasteiger partial charge in [0.05, 0.1) is 16.5 Å². The second-order valence-corrected chi connectivity index (χ2v) is 7.68. The molecule has 0 aliphatic heterocycles. The van der Waals surface area contributed by atoms with Crippen LogP contribution in [0.1, 0.15) is 24.2 Å². The first-order chi connectivity index (χ1) is 11.1. The number of rotatable bonds is 7. The lowest BCUT2D eigenvalue weighted by Crippen LogP contribution is -2.35. The van der Waals surface area contributed by atoms with Crippen LogP contribution in [0.3, 0.4) is 0 Å². The number of hydrogen-bond donors (Lipinski definition) is 4. The molecule has 0 aliphatic carbocycles. The summed E-state index contributed by atoms with van der Waals surface area (Å²) in [5.41, 5.74) is 0.600. The highest BCUT2D eigenvalue weighted by atomic mass is 35.5. The van der Waals surface area contributed by atoms with Gasteiger partial charge in [0, 0.05) is 18.2 Å². The van der Waals surface area contributed by atoms with Crippen LogP contribution in [0, 0.1) is 0 Å². The summed E-state index contributed by atoms with van der Waals surface area (Å²) in [6.45, 7) is 3.60. The van der Waals surface area contributed by atoms with Crippen molar-refractivity contribution in [2.75, 3.05) is 24.7 Å². The fourth-order valence-electron chi connectivity index (χ4n) is 1.68. The van der Waals surface area contributed by atoms with E-state index in [1.807, 2.05) is 13.8 Å². The molecule has 134 valence electrons. The zero-order chi connectivity index (χ0) is 18.3. The average molecular weight is 377 g/mol. The third-order valence-electron chi connectivity index (χ3n) is 2.86. The summed E-state index contributed by atoms with van der Waals surface area (Å²) < 4.78 is 24.6.